The van der Waals surface area contributed by atoms with Gasteiger partial charge in [-0.05, 0) is 61.5 Å². The van der Waals surface area contributed by atoms with Crippen LogP contribution in [-0.2, 0) is 47.7 Å². The Bertz CT molecular complexity index is 1410. The Labute approximate surface area is 251 Å². The second-order valence-electron chi connectivity index (χ2n) is 11.2. The number of fused-ring (bicyclic) bond motifs is 5. The van der Waals surface area contributed by atoms with Crippen LogP contribution in [0.25, 0.3) is 0 Å². The number of hydrogen-bond acceptors (Lipinski definition) is 12. The molecule has 0 spiro atoms. The van der Waals surface area contributed by atoms with Crippen LogP contribution in [0.15, 0.2) is 60.7 Å². The Morgan fingerprint density at radius 3 is 1.34 bits per heavy atom. The fourth-order valence-corrected chi connectivity index (χ4v) is 6.12. The number of carbonyl (C=O) groups is 8. The molecular formula is C32H28O12. The van der Waals surface area contributed by atoms with Crippen LogP contribution in [0.1, 0.15) is 59.2 Å². The first-order valence-electron chi connectivity index (χ1n) is 14.2. The molecule has 0 N–H and O–H groups in total. The maximum Gasteiger partial charge on any atom is 0.346 e. The van der Waals surface area contributed by atoms with Gasteiger partial charge in [-0.2, -0.15) is 0 Å². The van der Waals surface area contributed by atoms with E-state index in [1.165, 1.54) is 0 Å². The second-order valence-corrected chi connectivity index (χ2v) is 11.2. The summed E-state index contributed by atoms with van der Waals surface area (Å²) in [5.41, 5.74) is 0.718. The molecule has 3 aliphatic heterocycles. The second kappa shape index (κ2) is 13.1. The lowest BCUT2D eigenvalue weighted by Crippen LogP contribution is -2.29. The van der Waals surface area contributed by atoms with Crippen LogP contribution in [-0.4, -0.2) is 47.8 Å². The third kappa shape index (κ3) is 7.13. The molecule has 4 aliphatic carbocycles. The molecule has 0 aromatic heterocycles. The van der Waals surface area contributed by atoms with E-state index in [0.717, 1.165) is 37.8 Å². The SMILES string of the molecule is O=C(OC(=O)C1CC2C=CC1C2)C1CC2C=CC1C2.O=C1C=CC(=O)O1.O=C1CCC(=O)O1.O=C1OC(=O)c2ccccc21. The summed E-state index contributed by atoms with van der Waals surface area (Å²) in [7, 11) is 0. The zero-order valence-electron chi connectivity index (χ0n) is 23.4. The summed E-state index contributed by atoms with van der Waals surface area (Å²) in [4.78, 5) is 85.8. The average Bonchev–Trinajstić information content (AvgIpc) is 3.86. The first kappa shape index (κ1) is 30.5. The highest BCUT2D eigenvalue weighted by Gasteiger charge is 2.45. The molecule has 44 heavy (non-hydrogen) atoms. The number of hydrogen-bond donors (Lipinski definition) is 0. The van der Waals surface area contributed by atoms with Crippen molar-refractivity contribution in [3.8, 4) is 0 Å². The minimum Gasteiger partial charge on any atom is -0.393 e. The van der Waals surface area contributed by atoms with E-state index in [1.807, 2.05) is 0 Å². The number of esters is 8. The third-order valence-electron chi connectivity index (χ3n) is 8.23. The van der Waals surface area contributed by atoms with Crippen molar-refractivity contribution in [3.05, 3.63) is 71.8 Å². The van der Waals surface area contributed by atoms with E-state index in [4.69, 9.17) is 4.74 Å². The molecule has 1 aromatic rings. The standard InChI is InChI=1S/C16H18O3.C8H4O3.C4H4O3.C4H2O3/c17-15(13-7-9-1-3-11(13)5-9)19-16(18)14-8-10-2-4-12(14)6-10;9-7-5-3-1-2-4-6(5)8(10)11-7;2*5-3-1-2-4(6)7-3/h1-4,9-14H,5-8H2;1-4H;1-2H2;1-2H. The van der Waals surface area contributed by atoms with Gasteiger partial charge in [0.2, 0.25) is 0 Å². The number of rotatable bonds is 2. The predicted octanol–water partition coefficient (Wildman–Crippen LogP) is 2.95. The minimum absolute atomic E-state index is 0.0758. The van der Waals surface area contributed by atoms with Gasteiger partial charge in [0.05, 0.1) is 35.8 Å². The normalized spacial score (nSPS) is 29.1. The lowest BCUT2D eigenvalue weighted by molar-refractivity contribution is -0.167. The van der Waals surface area contributed by atoms with Crippen molar-refractivity contribution in [2.24, 2.45) is 35.5 Å². The quantitative estimate of drug-likeness (QED) is 0.209. The molecule has 4 bridgehead atoms. The van der Waals surface area contributed by atoms with Gasteiger partial charge in [-0.3, -0.25) is 19.2 Å². The molecule has 12 heteroatoms. The Morgan fingerprint density at radius 2 is 1.05 bits per heavy atom. The minimum atomic E-state index is -0.579. The largest absolute Gasteiger partial charge is 0.393 e. The summed E-state index contributed by atoms with van der Waals surface area (Å²) >= 11 is 0. The molecule has 12 nitrogen and oxygen atoms in total. The molecule has 228 valence electrons. The monoisotopic (exact) mass is 604 g/mol. The first-order chi connectivity index (χ1) is 21.1. The van der Waals surface area contributed by atoms with Crippen molar-refractivity contribution in [3.63, 3.8) is 0 Å². The van der Waals surface area contributed by atoms with Crippen molar-refractivity contribution in [1.29, 1.82) is 0 Å². The molecule has 7 aliphatic rings. The van der Waals surface area contributed by atoms with Crippen LogP contribution in [0.4, 0.5) is 0 Å². The summed E-state index contributed by atoms with van der Waals surface area (Å²) in [6.45, 7) is 0. The molecular weight excluding hydrogens is 576 g/mol. The summed E-state index contributed by atoms with van der Waals surface area (Å²) in [6.07, 6.45) is 15.2. The zero-order valence-corrected chi connectivity index (χ0v) is 23.4. The Balaban J connectivity index is 0.000000130. The van der Waals surface area contributed by atoms with E-state index in [2.05, 4.69) is 38.5 Å². The van der Waals surface area contributed by atoms with Crippen LogP contribution >= 0.6 is 0 Å². The zero-order chi connectivity index (χ0) is 31.4. The molecule has 3 fully saturated rings. The van der Waals surface area contributed by atoms with Crippen molar-refractivity contribution in [2.45, 2.75) is 38.5 Å². The lowest BCUT2D eigenvalue weighted by atomic mass is 9.92. The van der Waals surface area contributed by atoms with E-state index in [0.29, 0.717) is 34.8 Å². The molecule has 0 radical (unpaired) electrons. The Hall–Kier alpha value is -5.00. The van der Waals surface area contributed by atoms with Crippen LogP contribution in [0.5, 0.6) is 0 Å². The molecule has 0 amide bonds. The van der Waals surface area contributed by atoms with E-state index >= 15 is 0 Å². The molecule has 3 heterocycles. The fourth-order valence-electron chi connectivity index (χ4n) is 6.12. The summed E-state index contributed by atoms with van der Waals surface area (Å²) in [5.74, 6) is -2.09. The van der Waals surface area contributed by atoms with Crippen molar-refractivity contribution < 1.29 is 57.3 Å². The third-order valence-corrected chi connectivity index (χ3v) is 8.23. The number of allylic oxidation sites excluding steroid dienone is 4. The summed E-state index contributed by atoms with van der Waals surface area (Å²) in [6, 6.07) is 6.53. The van der Waals surface area contributed by atoms with Crippen molar-refractivity contribution in [2.75, 3.05) is 0 Å². The highest BCUT2D eigenvalue weighted by Crippen LogP contribution is 2.46. The van der Waals surface area contributed by atoms with Gasteiger partial charge < -0.3 is 18.9 Å². The highest BCUT2D eigenvalue weighted by atomic mass is 16.6. The lowest BCUT2D eigenvalue weighted by Gasteiger charge is -2.19. The maximum absolute atomic E-state index is 12.1. The van der Waals surface area contributed by atoms with Gasteiger partial charge in [-0.25, -0.2) is 19.2 Å². The number of benzene rings is 1. The predicted molar refractivity (Wildman–Crippen MR) is 146 cm³/mol. The maximum atomic E-state index is 12.1. The summed E-state index contributed by atoms with van der Waals surface area (Å²) in [5, 5.41) is 0. The van der Waals surface area contributed by atoms with E-state index in [9.17, 15) is 38.4 Å². The smallest absolute Gasteiger partial charge is 0.346 e. The molecule has 6 atom stereocenters. The van der Waals surface area contributed by atoms with Crippen LogP contribution in [0, 0.1) is 35.5 Å². The topological polar surface area (TPSA) is 173 Å². The van der Waals surface area contributed by atoms with Gasteiger partial charge in [0.25, 0.3) is 0 Å². The molecule has 8 rings (SSSR count). The van der Waals surface area contributed by atoms with Crippen LogP contribution in [0.3, 0.4) is 0 Å². The van der Waals surface area contributed by atoms with Gasteiger partial charge in [0.1, 0.15) is 0 Å². The van der Waals surface area contributed by atoms with E-state index in [-0.39, 0.29) is 36.6 Å². The van der Waals surface area contributed by atoms with E-state index in [1.54, 1.807) is 24.3 Å². The number of ether oxygens (including phenoxy) is 4. The van der Waals surface area contributed by atoms with Crippen molar-refractivity contribution in [1.82, 2.24) is 0 Å². The summed E-state index contributed by atoms with van der Waals surface area (Å²) < 4.78 is 17.6. The van der Waals surface area contributed by atoms with E-state index < -0.39 is 35.8 Å². The van der Waals surface area contributed by atoms with Gasteiger partial charge >= 0.3 is 47.8 Å². The fraction of sp³-hybridized carbons (Fsp3) is 0.375. The first-order valence-corrected chi connectivity index (χ1v) is 14.2. The Morgan fingerprint density at radius 1 is 0.591 bits per heavy atom. The van der Waals surface area contributed by atoms with Crippen LogP contribution < -0.4 is 0 Å². The number of carbonyl (C=O) groups excluding carboxylic acids is 8. The molecule has 1 saturated heterocycles. The van der Waals surface area contributed by atoms with Crippen molar-refractivity contribution >= 4 is 47.8 Å². The molecule has 2 saturated carbocycles. The average molecular weight is 605 g/mol. The molecule has 6 unspecified atom stereocenters. The highest BCUT2D eigenvalue weighted by molar-refractivity contribution is 6.14. The molecule has 1 aromatic carbocycles. The van der Waals surface area contributed by atoms with Gasteiger partial charge in [0, 0.05) is 12.2 Å². The van der Waals surface area contributed by atoms with Gasteiger partial charge in [-0.1, -0.05) is 36.4 Å². The van der Waals surface area contributed by atoms with Gasteiger partial charge in [0.15, 0.2) is 0 Å². The Kier molecular flexibility index (Phi) is 9.07. The number of cyclic esters (lactones) is 6. The van der Waals surface area contributed by atoms with Crippen LogP contribution in [0.2, 0.25) is 0 Å². The van der Waals surface area contributed by atoms with Gasteiger partial charge in [-0.15, -0.1) is 0 Å².